The predicted octanol–water partition coefficient (Wildman–Crippen LogP) is 4.97. The monoisotopic (exact) mass is 442 g/mol. The van der Waals surface area contributed by atoms with Crippen molar-refractivity contribution < 1.29 is 18.7 Å². The lowest BCUT2D eigenvalue weighted by Gasteiger charge is -2.23. The lowest BCUT2D eigenvalue weighted by molar-refractivity contribution is -0.128. The van der Waals surface area contributed by atoms with Gasteiger partial charge < -0.3 is 19.4 Å². The topological polar surface area (TPSA) is 71.8 Å². The number of nitrogens with one attached hydrogen (secondary N) is 1. The summed E-state index contributed by atoms with van der Waals surface area (Å²) >= 11 is 7.58. The average molecular weight is 443 g/mol. The minimum Gasteiger partial charge on any atom is -0.495 e. The van der Waals surface area contributed by atoms with Gasteiger partial charge in [-0.2, -0.15) is 0 Å². The number of carbonyl (C=O) groups is 2. The van der Waals surface area contributed by atoms with Crippen molar-refractivity contribution in [2.75, 3.05) is 18.2 Å². The number of thioether (sulfide) groups is 1. The Kier molecular flexibility index (Phi) is 6.01. The van der Waals surface area contributed by atoms with E-state index in [-0.39, 0.29) is 17.2 Å². The molecule has 0 bridgehead atoms. The molecule has 1 aliphatic rings. The fourth-order valence-electron chi connectivity index (χ4n) is 3.24. The highest BCUT2D eigenvalue weighted by atomic mass is 35.5. The van der Waals surface area contributed by atoms with Crippen LogP contribution in [-0.2, 0) is 11.3 Å². The summed E-state index contributed by atoms with van der Waals surface area (Å²) in [5.74, 6) is 1.48. The second-order valence-electron chi connectivity index (χ2n) is 6.69. The number of carbonyl (C=O) groups excluding carboxylic acids is 2. The van der Waals surface area contributed by atoms with Gasteiger partial charge in [0, 0.05) is 10.6 Å². The third kappa shape index (κ3) is 4.32. The van der Waals surface area contributed by atoms with Crippen molar-refractivity contribution in [2.45, 2.75) is 11.9 Å². The lowest BCUT2D eigenvalue weighted by atomic mass is 10.1. The van der Waals surface area contributed by atoms with E-state index in [9.17, 15) is 9.59 Å². The third-order valence-corrected chi connectivity index (χ3v) is 6.23. The fraction of sp³-hybridized carbons (Fsp3) is 0.182. The smallest absolute Gasteiger partial charge is 0.255 e. The van der Waals surface area contributed by atoms with Gasteiger partial charge in [0.05, 0.1) is 31.4 Å². The number of halogens is 1. The van der Waals surface area contributed by atoms with Crippen LogP contribution in [0.1, 0.15) is 27.1 Å². The van der Waals surface area contributed by atoms with E-state index < -0.39 is 0 Å². The van der Waals surface area contributed by atoms with Crippen molar-refractivity contribution in [3.63, 3.8) is 0 Å². The number of amides is 2. The average Bonchev–Trinajstić information content (AvgIpc) is 3.39. The molecule has 1 atom stereocenters. The molecule has 2 amide bonds. The summed E-state index contributed by atoms with van der Waals surface area (Å²) in [6, 6.07) is 15.9. The molecule has 2 heterocycles. The van der Waals surface area contributed by atoms with Gasteiger partial charge in [-0.15, -0.1) is 11.8 Å². The van der Waals surface area contributed by atoms with Crippen LogP contribution in [0.4, 0.5) is 5.69 Å². The maximum atomic E-state index is 12.7. The van der Waals surface area contributed by atoms with Gasteiger partial charge in [-0.3, -0.25) is 9.59 Å². The van der Waals surface area contributed by atoms with Gasteiger partial charge in [0.25, 0.3) is 5.91 Å². The molecule has 3 aromatic rings. The molecule has 8 heteroatoms. The first-order valence-corrected chi connectivity index (χ1v) is 10.7. The van der Waals surface area contributed by atoms with Gasteiger partial charge >= 0.3 is 0 Å². The molecule has 4 rings (SSSR count). The van der Waals surface area contributed by atoms with Crippen LogP contribution >= 0.6 is 23.4 Å². The number of hydrogen-bond acceptors (Lipinski definition) is 5. The van der Waals surface area contributed by atoms with E-state index in [1.54, 1.807) is 59.3 Å². The van der Waals surface area contributed by atoms with E-state index in [1.807, 2.05) is 18.2 Å². The molecule has 0 aliphatic carbocycles. The molecule has 2 aromatic carbocycles. The van der Waals surface area contributed by atoms with Gasteiger partial charge in [-0.25, -0.2) is 0 Å². The summed E-state index contributed by atoms with van der Waals surface area (Å²) in [5, 5.41) is 3.21. The van der Waals surface area contributed by atoms with Gasteiger partial charge in [-0.05, 0) is 48.0 Å². The molecule has 1 saturated heterocycles. The largest absolute Gasteiger partial charge is 0.495 e. The normalized spacial score (nSPS) is 16.0. The Balaban J connectivity index is 1.49. The van der Waals surface area contributed by atoms with Crippen LogP contribution in [0, 0.1) is 0 Å². The molecule has 1 fully saturated rings. The zero-order valence-electron chi connectivity index (χ0n) is 16.1. The molecular formula is C22H19ClN2O4S. The Hall–Kier alpha value is -2.90. The first-order valence-electron chi connectivity index (χ1n) is 9.23. The van der Waals surface area contributed by atoms with E-state index in [0.29, 0.717) is 34.3 Å². The summed E-state index contributed by atoms with van der Waals surface area (Å²) in [4.78, 5) is 26.8. The molecule has 154 valence electrons. The van der Waals surface area contributed by atoms with Crippen LogP contribution in [0.5, 0.6) is 5.75 Å². The highest BCUT2D eigenvalue weighted by molar-refractivity contribution is 8.00. The van der Waals surface area contributed by atoms with E-state index in [4.69, 9.17) is 20.8 Å². The summed E-state index contributed by atoms with van der Waals surface area (Å²) in [6.45, 7) is 0.417. The second kappa shape index (κ2) is 8.85. The van der Waals surface area contributed by atoms with Crippen LogP contribution in [0.2, 0.25) is 5.02 Å². The zero-order chi connectivity index (χ0) is 21.1. The highest BCUT2D eigenvalue weighted by Crippen LogP contribution is 2.39. The molecule has 1 N–H and O–H groups in total. The fourth-order valence-corrected chi connectivity index (χ4v) is 4.60. The molecule has 0 unspecified atom stereocenters. The number of anilines is 1. The summed E-state index contributed by atoms with van der Waals surface area (Å²) < 4.78 is 10.7. The number of furan rings is 1. The van der Waals surface area contributed by atoms with Crippen molar-refractivity contribution >= 4 is 40.9 Å². The maximum absolute atomic E-state index is 12.7. The number of rotatable bonds is 6. The first kappa shape index (κ1) is 20.4. The van der Waals surface area contributed by atoms with Crippen LogP contribution in [0.15, 0.2) is 65.3 Å². The minimum atomic E-state index is -0.273. The molecule has 0 saturated carbocycles. The Labute approximate surface area is 183 Å². The van der Waals surface area contributed by atoms with Crippen molar-refractivity contribution in [1.29, 1.82) is 0 Å². The summed E-state index contributed by atoms with van der Waals surface area (Å²) in [5.41, 5.74) is 1.95. The van der Waals surface area contributed by atoms with Crippen LogP contribution in [0.3, 0.4) is 0 Å². The molecule has 6 nitrogen and oxygen atoms in total. The van der Waals surface area contributed by atoms with Crippen molar-refractivity contribution in [3.05, 3.63) is 82.8 Å². The Morgan fingerprint density at radius 2 is 2.07 bits per heavy atom. The third-order valence-electron chi connectivity index (χ3n) is 4.74. The Morgan fingerprint density at radius 3 is 2.77 bits per heavy atom. The van der Waals surface area contributed by atoms with E-state index in [1.165, 1.54) is 7.11 Å². The van der Waals surface area contributed by atoms with Crippen molar-refractivity contribution in [1.82, 2.24) is 4.90 Å². The van der Waals surface area contributed by atoms with Crippen LogP contribution in [-0.4, -0.2) is 29.6 Å². The predicted molar refractivity (Wildman–Crippen MR) is 117 cm³/mol. The SMILES string of the molecule is COc1ccc(Cl)cc1NC(=O)c1ccc([C@H]2SCC(=O)N2Cc2ccco2)cc1. The number of hydrogen-bond donors (Lipinski definition) is 1. The maximum Gasteiger partial charge on any atom is 0.255 e. The van der Waals surface area contributed by atoms with Crippen molar-refractivity contribution in [2.24, 2.45) is 0 Å². The van der Waals surface area contributed by atoms with Crippen LogP contribution < -0.4 is 10.1 Å². The molecular weight excluding hydrogens is 424 g/mol. The Bertz CT molecular complexity index is 1050. The van der Waals surface area contributed by atoms with E-state index in [0.717, 1.165) is 11.3 Å². The highest BCUT2D eigenvalue weighted by Gasteiger charge is 2.33. The van der Waals surface area contributed by atoms with E-state index >= 15 is 0 Å². The second-order valence-corrected chi connectivity index (χ2v) is 8.19. The van der Waals surface area contributed by atoms with E-state index in [2.05, 4.69) is 5.32 Å². The molecule has 0 spiro atoms. The minimum absolute atomic E-state index is 0.0660. The molecule has 1 aromatic heterocycles. The number of methoxy groups -OCH3 is 1. The quantitative estimate of drug-likeness (QED) is 0.583. The van der Waals surface area contributed by atoms with Gasteiger partial charge in [0.15, 0.2) is 0 Å². The molecule has 30 heavy (non-hydrogen) atoms. The first-order chi connectivity index (χ1) is 14.5. The standard InChI is InChI=1S/C22H19ClN2O4S/c1-28-19-9-8-16(23)11-18(19)24-21(27)14-4-6-15(7-5-14)22-25(20(26)13-30-22)12-17-3-2-10-29-17/h2-11,22H,12-13H2,1H3,(H,24,27)/t22-/m1/s1. The summed E-state index contributed by atoms with van der Waals surface area (Å²) in [6.07, 6.45) is 1.60. The number of benzene rings is 2. The molecule has 0 radical (unpaired) electrons. The van der Waals surface area contributed by atoms with Gasteiger partial charge in [0.1, 0.15) is 16.9 Å². The number of ether oxygens (including phenoxy) is 1. The van der Waals surface area contributed by atoms with Gasteiger partial charge in [0.2, 0.25) is 5.91 Å². The Morgan fingerprint density at radius 1 is 1.27 bits per heavy atom. The summed E-state index contributed by atoms with van der Waals surface area (Å²) in [7, 11) is 1.53. The number of nitrogens with zero attached hydrogens (tertiary/aromatic N) is 1. The van der Waals surface area contributed by atoms with Gasteiger partial charge in [-0.1, -0.05) is 23.7 Å². The van der Waals surface area contributed by atoms with Crippen molar-refractivity contribution in [3.8, 4) is 5.75 Å². The lowest BCUT2D eigenvalue weighted by Crippen LogP contribution is -2.27. The zero-order valence-corrected chi connectivity index (χ0v) is 17.7. The van der Waals surface area contributed by atoms with Crippen LogP contribution in [0.25, 0.3) is 0 Å². The molecule has 1 aliphatic heterocycles.